The van der Waals surface area contributed by atoms with E-state index < -0.39 is 0 Å². The van der Waals surface area contributed by atoms with Gasteiger partial charge >= 0.3 is 0 Å². The Balaban J connectivity index is 1.91. The zero-order chi connectivity index (χ0) is 13.0. The number of rotatable bonds is 5. The highest BCUT2D eigenvalue weighted by molar-refractivity contribution is 9.10. The maximum atomic E-state index is 4.36. The second-order valence-corrected chi connectivity index (χ2v) is 5.96. The van der Waals surface area contributed by atoms with Crippen LogP contribution in [0.3, 0.4) is 0 Å². The van der Waals surface area contributed by atoms with Crippen LogP contribution < -0.4 is 5.32 Å². The molecule has 0 fully saturated rings. The molecular formula is C12H15BrN4S. The van der Waals surface area contributed by atoms with E-state index in [0.29, 0.717) is 0 Å². The molecule has 0 spiro atoms. The van der Waals surface area contributed by atoms with Crippen LogP contribution in [0.5, 0.6) is 0 Å². The summed E-state index contributed by atoms with van der Waals surface area (Å²) in [6.07, 6.45) is 3.57. The molecule has 18 heavy (non-hydrogen) atoms. The van der Waals surface area contributed by atoms with Crippen LogP contribution in [0.15, 0.2) is 28.3 Å². The SMILES string of the molecule is CNc1cnc(CN(C)Cc2cc(Br)cs2)cn1. The third-order valence-electron chi connectivity index (χ3n) is 2.44. The van der Waals surface area contributed by atoms with Crippen molar-refractivity contribution in [3.05, 3.63) is 38.9 Å². The summed E-state index contributed by atoms with van der Waals surface area (Å²) in [6, 6.07) is 2.15. The molecule has 0 aliphatic rings. The summed E-state index contributed by atoms with van der Waals surface area (Å²) in [5.74, 6) is 0.795. The summed E-state index contributed by atoms with van der Waals surface area (Å²) in [4.78, 5) is 12.2. The Hall–Kier alpha value is -0.980. The van der Waals surface area contributed by atoms with Crippen LogP contribution in [0, 0.1) is 0 Å². The molecule has 2 heterocycles. The number of halogens is 1. The summed E-state index contributed by atoms with van der Waals surface area (Å²) in [5.41, 5.74) is 0.979. The number of nitrogens with zero attached hydrogens (tertiary/aromatic N) is 3. The number of nitrogens with one attached hydrogen (secondary N) is 1. The molecule has 96 valence electrons. The lowest BCUT2D eigenvalue weighted by molar-refractivity contribution is 0.317. The molecule has 0 aliphatic heterocycles. The van der Waals surface area contributed by atoms with Crippen molar-refractivity contribution < 1.29 is 0 Å². The molecule has 0 aliphatic carbocycles. The smallest absolute Gasteiger partial charge is 0.144 e. The van der Waals surface area contributed by atoms with Gasteiger partial charge in [-0.15, -0.1) is 11.3 Å². The monoisotopic (exact) mass is 326 g/mol. The van der Waals surface area contributed by atoms with Gasteiger partial charge in [-0.3, -0.25) is 9.88 Å². The summed E-state index contributed by atoms with van der Waals surface area (Å²) < 4.78 is 1.15. The molecule has 0 radical (unpaired) electrons. The summed E-state index contributed by atoms with van der Waals surface area (Å²) in [7, 11) is 3.92. The second kappa shape index (κ2) is 6.26. The van der Waals surface area contributed by atoms with Crippen molar-refractivity contribution in [3.8, 4) is 0 Å². The van der Waals surface area contributed by atoms with E-state index in [2.05, 4.69) is 54.6 Å². The maximum Gasteiger partial charge on any atom is 0.144 e. The Morgan fingerprint density at radius 2 is 2.17 bits per heavy atom. The average molecular weight is 327 g/mol. The zero-order valence-corrected chi connectivity index (χ0v) is 12.8. The largest absolute Gasteiger partial charge is 0.372 e. The summed E-state index contributed by atoms with van der Waals surface area (Å²) in [6.45, 7) is 1.72. The van der Waals surface area contributed by atoms with Crippen molar-refractivity contribution in [2.24, 2.45) is 0 Å². The predicted octanol–water partition coefficient (Wildman–Crippen LogP) is 2.97. The molecule has 2 aromatic rings. The van der Waals surface area contributed by atoms with E-state index in [1.807, 2.05) is 13.2 Å². The van der Waals surface area contributed by atoms with E-state index in [4.69, 9.17) is 0 Å². The highest BCUT2D eigenvalue weighted by atomic mass is 79.9. The minimum Gasteiger partial charge on any atom is -0.372 e. The van der Waals surface area contributed by atoms with Crippen molar-refractivity contribution in [2.45, 2.75) is 13.1 Å². The van der Waals surface area contributed by atoms with E-state index in [-0.39, 0.29) is 0 Å². The lowest BCUT2D eigenvalue weighted by atomic mass is 10.4. The Bertz CT molecular complexity index is 497. The fourth-order valence-electron chi connectivity index (χ4n) is 1.60. The molecule has 1 N–H and O–H groups in total. The van der Waals surface area contributed by atoms with Gasteiger partial charge < -0.3 is 5.32 Å². The molecule has 0 unspecified atom stereocenters. The Kier molecular flexibility index (Phi) is 4.68. The van der Waals surface area contributed by atoms with Gasteiger partial charge in [-0.2, -0.15) is 0 Å². The molecule has 0 amide bonds. The average Bonchev–Trinajstić information content (AvgIpc) is 2.75. The van der Waals surface area contributed by atoms with Crippen LogP contribution in [-0.2, 0) is 13.1 Å². The van der Waals surface area contributed by atoms with Gasteiger partial charge in [0.25, 0.3) is 0 Å². The van der Waals surface area contributed by atoms with Crippen molar-refractivity contribution >= 4 is 33.1 Å². The van der Waals surface area contributed by atoms with E-state index in [1.165, 1.54) is 4.88 Å². The topological polar surface area (TPSA) is 41.1 Å². The molecular weight excluding hydrogens is 312 g/mol. The molecule has 0 saturated carbocycles. The molecule has 0 aromatic carbocycles. The predicted molar refractivity (Wildman–Crippen MR) is 78.8 cm³/mol. The minimum absolute atomic E-state index is 0.795. The summed E-state index contributed by atoms with van der Waals surface area (Å²) >= 11 is 5.23. The molecule has 2 aromatic heterocycles. The normalized spacial score (nSPS) is 10.9. The number of hydrogen-bond acceptors (Lipinski definition) is 5. The van der Waals surface area contributed by atoms with Crippen LogP contribution in [0.1, 0.15) is 10.6 Å². The number of thiophene rings is 1. The van der Waals surface area contributed by atoms with Gasteiger partial charge in [0, 0.05) is 34.9 Å². The lowest BCUT2D eigenvalue weighted by Gasteiger charge is -2.14. The van der Waals surface area contributed by atoms with E-state index >= 15 is 0 Å². The Labute approximate surface area is 119 Å². The standard InChI is InChI=1S/C12H15BrN4S/c1-14-12-5-15-10(4-16-12)6-17(2)7-11-3-9(13)8-18-11/h3-5,8H,6-7H2,1-2H3,(H,14,16). The van der Waals surface area contributed by atoms with Gasteiger partial charge in [-0.1, -0.05) is 0 Å². The number of aromatic nitrogens is 2. The highest BCUT2D eigenvalue weighted by Crippen LogP contribution is 2.21. The molecule has 6 heteroatoms. The molecule has 2 rings (SSSR count). The fraction of sp³-hybridized carbons (Fsp3) is 0.333. The van der Waals surface area contributed by atoms with Crippen molar-refractivity contribution in [1.82, 2.24) is 14.9 Å². The Morgan fingerprint density at radius 3 is 2.72 bits per heavy atom. The second-order valence-electron chi connectivity index (χ2n) is 4.05. The van der Waals surface area contributed by atoms with Gasteiger partial charge in [0.15, 0.2) is 0 Å². The quantitative estimate of drug-likeness (QED) is 0.917. The summed E-state index contributed by atoms with van der Waals surface area (Å²) in [5, 5.41) is 5.06. The third kappa shape index (κ3) is 3.76. The first-order valence-corrected chi connectivity index (χ1v) is 7.25. The van der Waals surface area contributed by atoms with Crippen LogP contribution in [0.2, 0.25) is 0 Å². The van der Waals surface area contributed by atoms with E-state index in [1.54, 1.807) is 17.5 Å². The third-order valence-corrected chi connectivity index (χ3v) is 4.12. The van der Waals surface area contributed by atoms with Crippen molar-refractivity contribution in [1.29, 1.82) is 0 Å². The van der Waals surface area contributed by atoms with Gasteiger partial charge in [0.1, 0.15) is 5.82 Å². The van der Waals surface area contributed by atoms with Gasteiger partial charge in [-0.05, 0) is 29.0 Å². The molecule has 4 nitrogen and oxygen atoms in total. The zero-order valence-electron chi connectivity index (χ0n) is 10.4. The fourth-order valence-corrected chi connectivity index (χ4v) is 3.13. The van der Waals surface area contributed by atoms with Gasteiger partial charge in [0.2, 0.25) is 0 Å². The van der Waals surface area contributed by atoms with Gasteiger partial charge in [-0.25, -0.2) is 4.98 Å². The first-order valence-electron chi connectivity index (χ1n) is 5.57. The number of hydrogen-bond donors (Lipinski definition) is 1. The molecule has 0 bridgehead atoms. The first kappa shape index (κ1) is 13.5. The minimum atomic E-state index is 0.795. The Morgan fingerprint density at radius 1 is 1.33 bits per heavy atom. The highest BCUT2D eigenvalue weighted by Gasteiger charge is 2.05. The number of anilines is 1. The maximum absolute atomic E-state index is 4.36. The van der Waals surface area contributed by atoms with Crippen LogP contribution >= 0.6 is 27.3 Å². The van der Waals surface area contributed by atoms with E-state index in [9.17, 15) is 0 Å². The van der Waals surface area contributed by atoms with Crippen LogP contribution in [-0.4, -0.2) is 29.0 Å². The van der Waals surface area contributed by atoms with Gasteiger partial charge in [0.05, 0.1) is 18.1 Å². The van der Waals surface area contributed by atoms with Crippen LogP contribution in [0.25, 0.3) is 0 Å². The van der Waals surface area contributed by atoms with Crippen molar-refractivity contribution in [3.63, 3.8) is 0 Å². The lowest BCUT2D eigenvalue weighted by Crippen LogP contribution is -2.17. The molecule has 0 atom stereocenters. The molecule has 0 saturated heterocycles. The van der Waals surface area contributed by atoms with E-state index in [0.717, 1.165) is 29.1 Å². The van der Waals surface area contributed by atoms with Crippen molar-refractivity contribution in [2.75, 3.05) is 19.4 Å². The first-order chi connectivity index (χ1) is 8.67. The van der Waals surface area contributed by atoms with Crippen LogP contribution in [0.4, 0.5) is 5.82 Å².